The molecular weight excluding hydrogens is 292 g/mol. The Labute approximate surface area is 127 Å². The van der Waals surface area contributed by atoms with Crippen molar-refractivity contribution in [2.45, 2.75) is 63.1 Å². The van der Waals surface area contributed by atoms with Gasteiger partial charge in [-0.2, -0.15) is 0 Å². The van der Waals surface area contributed by atoms with Crippen LogP contribution in [0.25, 0.3) is 0 Å². The standard InChI is InChI=1S/C14H26O4SSi/c1-14(2,3)20(5,6)18-11-7-10(15)8-12(11)19-9-13(16)17-4/h11-12H,7-9H2,1-6H3/t11-,12-/m0/s1. The molecule has 20 heavy (non-hydrogen) atoms. The molecule has 0 radical (unpaired) electrons. The maximum absolute atomic E-state index is 11.7. The van der Waals surface area contributed by atoms with E-state index in [0.29, 0.717) is 12.8 Å². The number of esters is 1. The number of hydrogen-bond donors (Lipinski definition) is 0. The second-order valence-electron chi connectivity index (χ2n) is 6.79. The lowest BCUT2D eigenvalue weighted by Crippen LogP contribution is -2.45. The Hall–Kier alpha value is -0.333. The van der Waals surface area contributed by atoms with E-state index < -0.39 is 8.32 Å². The van der Waals surface area contributed by atoms with E-state index in [1.54, 1.807) is 0 Å². The maximum Gasteiger partial charge on any atom is 0.315 e. The molecule has 1 aliphatic carbocycles. The van der Waals surface area contributed by atoms with Crippen LogP contribution in [-0.2, 0) is 18.8 Å². The lowest BCUT2D eigenvalue weighted by Gasteiger charge is -2.39. The number of ether oxygens (including phenoxy) is 1. The van der Waals surface area contributed by atoms with Crippen LogP contribution in [-0.4, -0.2) is 44.3 Å². The van der Waals surface area contributed by atoms with Crippen molar-refractivity contribution < 1.29 is 18.8 Å². The van der Waals surface area contributed by atoms with Gasteiger partial charge in [-0.3, -0.25) is 9.59 Å². The number of carbonyl (C=O) groups is 2. The maximum atomic E-state index is 11.7. The first kappa shape index (κ1) is 17.7. The van der Waals surface area contributed by atoms with Gasteiger partial charge in [0.05, 0.1) is 19.0 Å². The SMILES string of the molecule is COC(=O)CS[C@H]1CC(=O)C[C@@H]1O[Si](C)(C)C(C)(C)C. The van der Waals surface area contributed by atoms with Gasteiger partial charge in [-0.05, 0) is 18.1 Å². The van der Waals surface area contributed by atoms with E-state index in [4.69, 9.17) is 4.43 Å². The quantitative estimate of drug-likeness (QED) is 0.576. The van der Waals surface area contributed by atoms with Gasteiger partial charge in [0.25, 0.3) is 0 Å². The fourth-order valence-electron chi connectivity index (χ4n) is 1.87. The lowest BCUT2D eigenvalue weighted by molar-refractivity contribution is -0.137. The van der Waals surface area contributed by atoms with Crippen LogP contribution in [0.5, 0.6) is 0 Å². The number of hydrogen-bond acceptors (Lipinski definition) is 5. The summed E-state index contributed by atoms with van der Waals surface area (Å²) in [5.74, 6) is 0.266. The van der Waals surface area contributed by atoms with Crippen LogP contribution in [0.1, 0.15) is 33.6 Å². The summed E-state index contributed by atoms with van der Waals surface area (Å²) in [5.41, 5.74) is 0. The highest BCUT2D eigenvalue weighted by molar-refractivity contribution is 8.00. The molecule has 0 aromatic rings. The van der Waals surface area contributed by atoms with Crippen LogP contribution < -0.4 is 0 Å². The van der Waals surface area contributed by atoms with Gasteiger partial charge in [0.2, 0.25) is 0 Å². The molecular formula is C14H26O4SSi. The van der Waals surface area contributed by atoms with E-state index >= 15 is 0 Å². The topological polar surface area (TPSA) is 52.6 Å². The molecule has 2 atom stereocenters. The van der Waals surface area contributed by atoms with Crippen LogP contribution in [0.4, 0.5) is 0 Å². The second kappa shape index (κ2) is 6.62. The van der Waals surface area contributed by atoms with Crippen molar-refractivity contribution in [3.63, 3.8) is 0 Å². The predicted octanol–water partition coefficient (Wildman–Crippen LogP) is 3.01. The molecule has 1 saturated carbocycles. The zero-order chi connectivity index (χ0) is 15.6. The minimum atomic E-state index is -1.89. The molecule has 0 unspecified atom stereocenters. The van der Waals surface area contributed by atoms with Gasteiger partial charge in [-0.1, -0.05) is 20.8 Å². The van der Waals surface area contributed by atoms with Crippen LogP contribution >= 0.6 is 11.8 Å². The summed E-state index contributed by atoms with van der Waals surface area (Å²) >= 11 is 1.48. The highest BCUT2D eigenvalue weighted by Crippen LogP contribution is 2.41. The van der Waals surface area contributed by atoms with Crippen molar-refractivity contribution in [3.05, 3.63) is 0 Å². The highest BCUT2D eigenvalue weighted by Gasteiger charge is 2.43. The van der Waals surface area contributed by atoms with Crippen LogP contribution in [0.2, 0.25) is 18.1 Å². The molecule has 116 valence electrons. The molecule has 1 aliphatic rings. The van der Waals surface area contributed by atoms with Crippen molar-refractivity contribution in [1.29, 1.82) is 0 Å². The average Bonchev–Trinajstić information content (AvgIpc) is 2.64. The molecule has 0 heterocycles. The second-order valence-corrected chi connectivity index (χ2v) is 12.8. The van der Waals surface area contributed by atoms with E-state index in [1.165, 1.54) is 18.9 Å². The molecule has 1 rings (SSSR count). The molecule has 1 fully saturated rings. The summed E-state index contributed by atoms with van der Waals surface area (Å²) in [4.78, 5) is 23.0. The molecule has 6 heteroatoms. The number of rotatable bonds is 5. The van der Waals surface area contributed by atoms with E-state index in [1.807, 2.05) is 0 Å². The Kier molecular flexibility index (Phi) is 5.86. The summed E-state index contributed by atoms with van der Waals surface area (Å²) < 4.78 is 11.0. The minimum absolute atomic E-state index is 0.0574. The lowest BCUT2D eigenvalue weighted by atomic mass is 10.2. The molecule has 0 N–H and O–H groups in total. The first-order valence-corrected chi connectivity index (χ1v) is 10.9. The van der Waals surface area contributed by atoms with Crippen molar-refractivity contribution in [2.24, 2.45) is 0 Å². The summed E-state index contributed by atoms with van der Waals surface area (Å²) in [6.45, 7) is 10.9. The largest absolute Gasteiger partial charge is 0.468 e. The zero-order valence-electron chi connectivity index (χ0n) is 13.3. The Morgan fingerprint density at radius 1 is 1.35 bits per heavy atom. The monoisotopic (exact) mass is 318 g/mol. The number of methoxy groups -OCH3 is 1. The van der Waals surface area contributed by atoms with E-state index in [2.05, 4.69) is 38.6 Å². The first-order chi connectivity index (χ1) is 9.06. The number of ketones is 1. The summed E-state index contributed by atoms with van der Waals surface area (Å²) in [6, 6.07) is 0. The van der Waals surface area contributed by atoms with Crippen molar-refractivity contribution in [2.75, 3.05) is 12.9 Å². The molecule has 0 aromatic carbocycles. The average molecular weight is 319 g/mol. The number of thioether (sulfide) groups is 1. The fourth-order valence-corrected chi connectivity index (χ4v) is 4.46. The van der Waals surface area contributed by atoms with E-state index in [0.717, 1.165) is 0 Å². The molecule has 0 saturated heterocycles. The van der Waals surface area contributed by atoms with Gasteiger partial charge < -0.3 is 9.16 Å². The molecule has 0 bridgehead atoms. The number of Topliss-reactive ketones (excluding diaryl/α,β-unsaturated/α-hetero) is 1. The van der Waals surface area contributed by atoms with Crippen LogP contribution in [0.3, 0.4) is 0 Å². The zero-order valence-corrected chi connectivity index (χ0v) is 15.1. The molecule has 0 aromatic heterocycles. The van der Waals surface area contributed by atoms with Crippen molar-refractivity contribution >= 4 is 31.8 Å². The Bertz CT molecular complexity index is 376. The van der Waals surface area contributed by atoms with Gasteiger partial charge in [0.15, 0.2) is 8.32 Å². The summed E-state index contributed by atoms with van der Waals surface area (Å²) in [5, 5.41) is 0.201. The third kappa shape index (κ3) is 4.60. The molecule has 0 spiro atoms. The number of carbonyl (C=O) groups excluding carboxylic acids is 2. The van der Waals surface area contributed by atoms with E-state index in [9.17, 15) is 9.59 Å². The molecule has 0 aliphatic heterocycles. The Balaban J connectivity index is 2.67. The summed E-state index contributed by atoms with van der Waals surface area (Å²) in [6.07, 6.45) is 0.921. The van der Waals surface area contributed by atoms with Gasteiger partial charge in [0, 0.05) is 18.1 Å². The van der Waals surface area contributed by atoms with Gasteiger partial charge >= 0.3 is 5.97 Å². The third-order valence-corrected chi connectivity index (χ3v) is 9.97. The molecule has 4 nitrogen and oxygen atoms in total. The van der Waals surface area contributed by atoms with Crippen molar-refractivity contribution in [3.8, 4) is 0 Å². The van der Waals surface area contributed by atoms with E-state index in [-0.39, 0.29) is 33.9 Å². The van der Waals surface area contributed by atoms with Crippen LogP contribution in [0, 0.1) is 0 Å². The van der Waals surface area contributed by atoms with Gasteiger partial charge in [-0.15, -0.1) is 11.8 Å². The van der Waals surface area contributed by atoms with Crippen molar-refractivity contribution in [1.82, 2.24) is 0 Å². The highest BCUT2D eigenvalue weighted by atomic mass is 32.2. The smallest absolute Gasteiger partial charge is 0.315 e. The van der Waals surface area contributed by atoms with Crippen LogP contribution in [0.15, 0.2) is 0 Å². The normalized spacial score (nSPS) is 24.0. The summed E-state index contributed by atoms with van der Waals surface area (Å²) in [7, 11) is -0.506. The van der Waals surface area contributed by atoms with Gasteiger partial charge in [-0.25, -0.2) is 0 Å². The van der Waals surface area contributed by atoms with Gasteiger partial charge in [0.1, 0.15) is 5.78 Å². The third-order valence-electron chi connectivity index (χ3n) is 4.17. The Morgan fingerprint density at radius 3 is 2.45 bits per heavy atom. The minimum Gasteiger partial charge on any atom is -0.468 e. The fraction of sp³-hybridized carbons (Fsp3) is 0.857. The molecule has 0 amide bonds. The predicted molar refractivity (Wildman–Crippen MR) is 84.6 cm³/mol. The first-order valence-electron chi connectivity index (χ1n) is 6.95. The Morgan fingerprint density at radius 2 is 1.95 bits per heavy atom.